The zero-order valence-corrected chi connectivity index (χ0v) is 14.8. The molecule has 0 unspecified atom stereocenters. The lowest BCUT2D eigenvalue weighted by atomic mass is 9.45. The molecule has 4 aliphatic rings. The van der Waals surface area contributed by atoms with Crippen LogP contribution < -0.4 is 0 Å². The van der Waals surface area contributed by atoms with Crippen LogP contribution in [0.2, 0.25) is 0 Å². The van der Waals surface area contributed by atoms with Gasteiger partial charge in [0, 0.05) is 0 Å². The van der Waals surface area contributed by atoms with Crippen molar-refractivity contribution in [3.63, 3.8) is 0 Å². The smallest absolute Gasteiger partial charge is 0.105 e. The molecule has 2 aliphatic heterocycles. The Balaban J connectivity index is 1.72. The highest BCUT2D eigenvalue weighted by atomic mass is 16.6. The molecule has 0 bridgehead atoms. The number of rotatable bonds is 0. The summed E-state index contributed by atoms with van der Waals surface area (Å²) in [6, 6.07) is 0. The maximum Gasteiger partial charge on any atom is 0.105 e. The normalized spacial score (nSPS) is 50.4. The molecule has 0 aromatic rings. The summed E-state index contributed by atoms with van der Waals surface area (Å²) in [5.74, 6) is 1.51. The lowest BCUT2D eigenvalue weighted by Crippen LogP contribution is -2.58. The second kappa shape index (κ2) is 4.83. The van der Waals surface area contributed by atoms with Gasteiger partial charge in [-0.3, -0.25) is 0 Å². The maximum atomic E-state index is 6.72. The lowest BCUT2D eigenvalue weighted by Gasteiger charge is -2.62. The Morgan fingerprint density at radius 1 is 1.05 bits per heavy atom. The van der Waals surface area contributed by atoms with Crippen molar-refractivity contribution < 1.29 is 9.47 Å². The summed E-state index contributed by atoms with van der Waals surface area (Å²) >= 11 is 0. The van der Waals surface area contributed by atoms with Crippen molar-refractivity contribution in [1.82, 2.24) is 0 Å². The predicted octanol–water partition coefficient (Wildman–Crippen LogP) is 4.73. The van der Waals surface area contributed by atoms with Crippen LogP contribution in [-0.2, 0) is 9.47 Å². The summed E-state index contributed by atoms with van der Waals surface area (Å²) in [5.41, 5.74) is 2.37. The quantitative estimate of drug-likeness (QED) is 0.602. The molecule has 0 radical (unpaired) electrons. The van der Waals surface area contributed by atoms with Crippen LogP contribution in [0.3, 0.4) is 0 Å². The number of ether oxygens (including phenoxy) is 2. The predicted molar refractivity (Wildman–Crippen MR) is 88.8 cm³/mol. The van der Waals surface area contributed by atoms with E-state index in [1.165, 1.54) is 44.1 Å². The van der Waals surface area contributed by atoms with Gasteiger partial charge in [-0.2, -0.15) is 0 Å². The van der Waals surface area contributed by atoms with E-state index in [1.807, 2.05) is 0 Å². The first-order chi connectivity index (χ1) is 10.4. The maximum absolute atomic E-state index is 6.72. The third kappa shape index (κ3) is 2.06. The molecule has 0 spiro atoms. The molecule has 124 valence electrons. The molecule has 4 rings (SSSR count). The Bertz CT molecular complexity index is 494. The zero-order valence-electron chi connectivity index (χ0n) is 14.8. The van der Waals surface area contributed by atoms with Crippen molar-refractivity contribution in [3.05, 3.63) is 11.6 Å². The van der Waals surface area contributed by atoms with Crippen LogP contribution in [0.25, 0.3) is 0 Å². The highest BCUT2D eigenvalue weighted by Crippen LogP contribution is 2.64. The largest absolute Gasteiger partial charge is 0.374 e. The van der Waals surface area contributed by atoms with E-state index >= 15 is 0 Å². The number of fused-ring (bicyclic) bond motifs is 4. The summed E-state index contributed by atoms with van der Waals surface area (Å²) in [5, 5.41) is 0. The number of hydrogen-bond donors (Lipinski definition) is 0. The van der Waals surface area contributed by atoms with E-state index in [4.69, 9.17) is 9.47 Å². The first-order valence-electron chi connectivity index (χ1n) is 9.30. The molecule has 2 saturated carbocycles. The van der Waals surface area contributed by atoms with E-state index < -0.39 is 0 Å². The van der Waals surface area contributed by atoms with Crippen LogP contribution in [0, 0.1) is 22.7 Å². The average molecular weight is 304 g/mol. The van der Waals surface area contributed by atoms with Gasteiger partial charge in [-0.1, -0.05) is 33.3 Å². The molecule has 2 heterocycles. The second-order valence-corrected chi connectivity index (χ2v) is 9.44. The van der Waals surface area contributed by atoms with E-state index in [-0.39, 0.29) is 11.7 Å². The van der Waals surface area contributed by atoms with Gasteiger partial charge in [-0.05, 0) is 67.3 Å². The van der Waals surface area contributed by atoms with Crippen molar-refractivity contribution in [2.24, 2.45) is 22.7 Å². The molecule has 1 saturated heterocycles. The fourth-order valence-corrected chi connectivity index (χ4v) is 6.64. The van der Waals surface area contributed by atoms with Crippen LogP contribution in [-0.4, -0.2) is 24.9 Å². The van der Waals surface area contributed by atoms with Gasteiger partial charge in [0.15, 0.2) is 0 Å². The van der Waals surface area contributed by atoms with E-state index in [0.717, 1.165) is 19.1 Å². The Morgan fingerprint density at radius 2 is 1.86 bits per heavy atom. The van der Waals surface area contributed by atoms with Gasteiger partial charge in [0.25, 0.3) is 0 Å². The van der Waals surface area contributed by atoms with E-state index in [0.29, 0.717) is 16.7 Å². The monoisotopic (exact) mass is 304 g/mol. The Hall–Kier alpha value is -0.340. The molecule has 2 heteroatoms. The molecule has 5 atom stereocenters. The van der Waals surface area contributed by atoms with Gasteiger partial charge in [-0.15, -0.1) is 0 Å². The van der Waals surface area contributed by atoms with Gasteiger partial charge in [-0.25, -0.2) is 0 Å². The molecular weight excluding hydrogens is 272 g/mol. The molecule has 2 nitrogen and oxygen atoms in total. The standard InChI is InChI=1S/C20H32O2/c1-18(2)9-5-10-19(3)16(18)8-11-20(4)17(19)7-6-14-12-21-13-15(14)22-20/h6,15-17H,5,7-13H2,1-4H3/t15-,16+,17-,19+,20-/m1/s1. The van der Waals surface area contributed by atoms with E-state index in [2.05, 4.69) is 33.8 Å². The van der Waals surface area contributed by atoms with Gasteiger partial charge in [0.05, 0.1) is 18.8 Å². The van der Waals surface area contributed by atoms with Crippen LogP contribution in [0.5, 0.6) is 0 Å². The topological polar surface area (TPSA) is 18.5 Å². The van der Waals surface area contributed by atoms with Crippen molar-refractivity contribution in [1.29, 1.82) is 0 Å². The SMILES string of the molecule is CC1(C)CCC[C@]2(C)[C@H]3CC=C4COC[C@H]4O[C@]3(C)CC[C@@H]12. The minimum Gasteiger partial charge on any atom is -0.374 e. The Morgan fingerprint density at radius 3 is 2.68 bits per heavy atom. The molecule has 2 aliphatic carbocycles. The van der Waals surface area contributed by atoms with Gasteiger partial charge in [0.1, 0.15) is 6.10 Å². The molecule has 3 fully saturated rings. The third-order valence-electron chi connectivity index (χ3n) is 7.72. The molecule has 0 amide bonds. The first-order valence-corrected chi connectivity index (χ1v) is 9.30. The Labute approximate surface area is 135 Å². The fraction of sp³-hybridized carbons (Fsp3) is 0.900. The number of allylic oxidation sites excluding steroid dienone is 1. The highest BCUT2D eigenvalue weighted by molar-refractivity contribution is 5.19. The van der Waals surface area contributed by atoms with Crippen molar-refractivity contribution in [2.75, 3.05) is 13.2 Å². The highest BCUT2D eigenvalue weighted by Gasteiger charge is 2.59. The van der Waals surface area contributed by atoms with Crippen molar-refractivity contribution in [2.45, 2.75) is 77.9 Å². The van der Waals surface area contributed by atoms with E-state index in [9.17, 15) is 0 Å². The van der Waals surface area contributed by atoms with Crippen LogP contribution in [0.4, 0.5) is 0 Å². The lowest BCUT2D eigenvalue weighted by molar-refractivity contribution is -0.200. The van der Waals surface area contributed by atoms with Crippen LogP contribution in [0.15, 0.2) is 11.6 Å². The first kappa shape index (κ1) is 15.2. The van der Waals surface area contributed by atoms with Crippen molar-refractivity contribution in [3.8, 4) is 0 Å². The number of hydrogen-bond acceptors (Lipinski definition) is 2. The summed E-state index contributed by atoms with van der Waals surface area (Å²) in [4.78, 5) is 0. The minimum absolute atomic E-state index is 0.0370. The molecule has 0 aromatic heterocycles. The van der Waals surface area contributed by atoms with Gasteiger partial charge < -0.3 is 9.47 Å². The zero-order chi connectivity index (χ0) is 15.6. The molecular formula is C20H32O2. The Kier molecular flexibility index (Phi) is 3.34. The summed E-state index contributed by atoms with van der Waals surface area (Å²) in [6.07, 6.45) is 10.6. The van der Waals surface area contributed by atoms with Crippen LogP contribution in [0.1, 0.15) is 66.2 Å². The molecule has 0 N–H and O–H groups in total. The van der Waals surface area contributed by atoms with Crippen LogP contribution >= 0.6 is 0 Å². The second-order valence-electron chi connectivity index (χ2n) is 9.44. The average Bonchev–Trinajstić information content (AvgIpc) is 2.78. The molecule has 0 aromatic carbocycles. The van der Waals surface area contributed by atoms with Gasteiger partial charge >= 0.3 is 0 Å². The van der Waals surface area contributed by atoms with Gasteiger partial charge in [0.2, 0.25) is 0 Å². The summed E-state index contributed by atoms with van der Waals surface area (Å²) in [7, 11) is 0. The summed E-state index contributed by atoms with van der Waals surface area (Å²) in [6.45, 7) is 11.6. The fourth-order valence-electron chi connectivity index (χ4n) is 6.64. The summed E-state index contributed by atoms with van der Waals surface area (Å²) < 4.78 is 12.4. The minimum atomic E-state index is 0.0370. The third-order valence-corrected chi connectivity index (χ3v) is 7.72. The van der Waals surface area contributed by atoms with E-state index in [1.54, 1.807) is 0 Å². The molecule has 22 heavy (non-hydrogen) atoms. The van der Waals surface area contributed by atoms with Crippen molar-refractivity contribution >= 4 is 0 Å².